The summed E-state index contributed by atoms with van der Waals surface area (Å²) in [5.74, 6) is -1.33. The van der Waals surface area contributed by atoms with Gasteiger partial charge in [0.15, 0.2) is 0 Å². The summed E-state index contributed by atoms with van der Waals surface area (Å²) in [6, 6.07) is 5.81. The minimum Gasteiger partial charge on any atom is -0.434 e. The molecule has 0 radical (unpaired) electrons. The number of ether oxygens (including phenoxy) is 1. The fourth-order valence-electron chi connectivity index (χ4n) is 2.18. The van der Waals surface area contributed by atoms with E-state index in [0.717, 1.165) is 42.5 Å². The van der Waals surface area contributed by atoms with Gasteiger partial charge in [0.05, 0.1) is 9.82 Å². The van der Waals surface area contributed by atoms with Crippen molar-refractivity contribution in [1.82, 2.24) is 0 Å². The highest BCUT2D eigenvalue weighted by Gasteiger charge is 2.46. The maximum absolute atomic E-state index is 12.5. The van der Waals surface area contributed by atoms with E-state index in [1.807, 2.05) is 0 Å². The van der Waals surface area contributed by atoms with Crippen LogP contribution < -0.4 is 10.1 Å². The number of anilines is 1. The Labute approximate surface area is 171 Å². The lowest BCUT2D eigenvalue weighted by Gasteiger charge is -2.09. The lowest BCUT2D eigenvalue weighted by molar-refractivity contribution is -0.384. The smallest absolute Gasteiger partial charge is 0.434 e. The van der Waals surface area contributed by atoms with Gasteiger partial charge in [0.25, 0.3) is 15.5 Å². The van der Waals surface area contributed by atoms with Crippen molar-refractivity contribution in [1.29, 1.82) is 0 Å². The van der Waals surface area contributed by atoms with Crippen LogP contribution in [0.2, 0.25) is 0 Å². The van der Waals surface area contributed by atoms with Gasteiger partial charge in [-0.05, 0) is 36.4 Å². The van der Waals surface area contributed by atoms with Gasteiger partial charge in [0.1, 0.15) is 5.75 Å². The van der Waals surface area contributed by atoms with E-state index in [4.69, 9.17) is 0 Å². The van der Waals surface area contributed by atoms with E-state index in [2.05, 4.69) is 10.1 Å². The number of carbonyl (C=O) groups excluding carboxylic acids is 1. The van der Waals surface area contributed by atoms with E-state index in [-0.39, 0.29) is 11.3 Å². The van der Waals surface area contributed by atoms with E-state index < -0.39 is 49.1 Å². The van der Waals surface area contributed by atoms with Crippen LogP contribution in [0, 0.1) is 10.1 Å². The molecule has 1 N–H and O–H groups in total. The van der Waals surface area contributed by atoms with Crippen LogP contribution in [-0.4, -0.2) is 31.4 Å². The summed E-state index contributed by atoms with van der Waals surface area (Å²) < 4.78 is 89.3. The second-order valence-corrected chi connectivity index (χ2v) is 7.60. The minimum atomic E-state index is -5.55. The molecule has 0 heterocycles. The second kappa shape index (κ2) is 9.07. The molecule has 0 spiro atoms. The molecule has 2 rings (SSSR count). The average Bonchev–Trinajstić information content (AvgIpc) is 2.66. The maximum atomic E-state index is 12.5. The number of non-ortho nitro benzene ring substituents is 1. The molecule has 31 heavy (non-hydrogen) atoms. The van der Waals surface area contributed by atoms with Crippen molar-refractivity contribution in [3.8, 4) is 5.75 Å². The number of amides is 1. The summed E-state index contributed by atoms with van der Waals surface area (Å²) in [7, 11) is -5.55. The van der Waals surface area contributed by atoms with Gasteiger partial charge in [0, 0.05) is 29.5 Å². The highest BCUT2D eigenvalue weighted by Crippen LogP contribution is 2.31. The van der Waals surface area contributed by atoms with Crippen molar-refractivity contribution < 1.29 is 44.8 Å². The normalized spacial score (nSPS) is 12.2. The van der Waals surface area contributed by atoms with Gasteiger partial charge >= 0.3 is 12.1 Å². The van der Waals surface area contributed by atoms with Crippen LogP contribution in [0.15, 0.2) is 53.4 Å². The Morgan fingerprint density at radius 1 is 1.13 bits per heavy atom. The monoisotopic (exact) mass is 466 g/mol. The Balaban J connectivity index is 2.19. The third-order valence-corrected chi connectivity index (χ3v) is 5.07. The van der Waals surface area contributed by atoms with Crippen LogP contribution in [0.5, 0.6) is 5.75 Å². The largest absolute Gasteiger partial charge is 0.501 e. The first-order chi connectivity index (χ1) is 14.3. The number of hydrogen-bond donors (Lipinski definition) is 1. The molecule has 0 unspecified atom stereocenters. The van der Waals surface area contributed by atoms with E-state index in [1.165, 1.54) is 0 Å². The molecule has 2 aromatic carbocycles. The van der Waals surface area contributed by atoms with Gasteiger partial charge in [-0.3, -0.25) is 14.9 Å². The lowest BCUT2D eigenvalue weighted by Crippen LogP contribution is -2.23. The highest BCUT2D eigenvalue weighted by atomic mass is 32.2. The van der Waals surface area contributed by atoms with Crippen LogP contribution >= 0.6 is 0 Å². The van der Waals surface area contributed by atoms with Crippen molar-refractivity contribution >= 4 is 33.2 Å². The van der Waals surface area contributed by atoms with Gasteiger partial charge < -0.3 is 10.1 Å². The van der Waals surface area contributed by atoms with Crippen LogP contribution in [-0.2, 0) is 14.6 Å². The van der Waals surface area contributed by atoms with Crippen LogP contribution in [0.1, 0.15) is 5.56 Å². The molecule has 1 amide bonds. The van der Waals surface area contributed by atoms with Crippen LogP contribution in [0.3, 0.4) is 0 Å². The van der Waals surface area contributed by atoms with E-state index >= 15 is 0 Å². The average molecular weight is 466 g/mol. The topological polar surface area (TPSA) is 116 Å². The molecular weight excluding hydrogens is 455 g/mol. The summed E-state index contributed by atoms with van der Waals surface area (Å²) in [6.45, 7) is -3.23. The maximum Gasteiger partial charge on any atom is 0.501 e. The molecule has 0 atom stereocenters. The predicted molar refractivity (Wildman–Crippen MR) is 97.1 cm³/mol. The zero-order valence-electron chi connectivity index (χ0n) is 15.0. The molecule has 0 fully saturated rings. The summed E-state index contributed by atoms with van der Waals surface area (Å²) in [5, 5.41) is 13.0. The summed E-state index contributed by atoms with van der Waals surface area (Å²) in [5.41, 5.74) is -6.23. The highest BCUT2D eigenvalue weighted by molar-refractivity contribution is 7.92. The van der Waals surface area contributed by atoms with Crippen molar-refractivity contribution in [2.75, 3.05) is 5.32 Å². The van der Waals surface area contributed by atoms with Crippen LogP contribution in [0.25, 0.3) is 6.08 Å². The van der Waals surface area contributed by atoms with E-state index in [9.17, 15) is 45.3 Å². The first kappa shape index (κ1) is 23.7. The molecule has 0 aliphatic heterocycles. The second-order valence-electron chi connectivity index (χ2n) is 5.65. The first-order valence-corrected chi connectivity index (χ1v) is 9.43. The van der Waals surface area contributed by atoms with Gasteiger partial charge in [-0.1, -0.05) is 0 Å². The number of carbonyl (C=O) groups is 1. The number of nitrogens with one attached hydrogen (secondary N) is 1. The fraction of sp³-hybridized carbons (Fsp3) is 0.118. The van der Waals surface area contributed by atoms with Gasteiger partial charge in [-0.25, -0.2) is 8.42 Å². The van der Waals surface area contributed by atoms with Gasteiger partial charge in [-0.15, -0.1) is 0 Å². The molecular formula is C17H11F5N2O6S. The molecule has 8 nitrogen and oxygen atoms in total. The predicted octanol–water partition coefficient (Wildman–Crippen LogP) is 4.14. The third kappa shape index (κ3) is 5.97. The molecule has 0 saturated heterocycles. The van der Waals surface area contributed by atoms with Crippen molar-refractivity contribution in [2.45, 2.75) is 17.0 Å². The molecule has 0 aliphatic carbocycles. The zero-order chi connectivity index (χ0) is 23.4. The minimum absolute atomic E-state index is 0.0705. The van der Waals surface area contributed by atoms with Crippen molar-refractivity contribution in [2.24, 2.45) is 0 Å². The van der Waals surface area contributed by atoms with Crippen molar-refractivity contribution in [3.63, 3.8) is 0 Å². The van der Waals surface area contributed by atoms with E-state index in [0.29, 0.717) is 12.1 Å². The number of hydrogen-bond acceptors (Lipinski definition) is 6. The number of sulfone groups is 1. The number of alkyl halides is 5. The van der Waals surface area contributed by atoms with Gasteiger partial charge in [-0.2, -0.15) is 22.0 Å². The molecule has 0 saturated carbocycles. The summed E-state index contributed by atoms with van der Waals surface area (Å²) >= 11 is 0. The van der Waals surface area contributed by atoms with Gasteiger partial charge in [0.2, 0.25) is 5.91 Å². The Kier molecular flexibility index (Phi) is 6.95. The molecule has 0 bridgehead atoms. The third-order valence-electron chi connectivity index (χ3n) is 3.57. The summed E-state index contributed by atoms with van der Waals surface area (Å²) in [4.78, 5) is 21.0. The van der Waals surface area contributed by atoms with Crippen LogP contribution in [0.4, 0.5) is 33.3 Å². The SMILES string of the molecule is O=C(C=Cc1cc([N+](=O)[O-])ccc1OC(F)F)Nc1ccc(S(=O)(=O)C(F)(F)F)cc1. The first-order valence-electron chi connectivity index (χ1n) is 7.95. The Bertz CT molecular complexity index is 1110. The standard InChI is InChI=1S/C17H11F5N2O6S/c18-16(19)30-14-7-4-12(24(26)27)9-10(14)1-8-15(25)23-11-2-5-13(6-3-11)31(28,29)17(20,21)22/h1-9,16H,(H,23,25). The Hall–Kier alpha value is -3.55. The molecule has 2 aromatic rings. The number of nitro groups is 1. The molecule has 0 aromatic heterocycles. The lowest BCUT2D eigenvalue weighted by atomic mass is 10.1. The zero-order valence-corrected chi connectivity index (χ0v) is 15.8. The molecule has 14 heteroatoms. The fourth-order valence-corrected chi connectivity index (χ4v) is 2.95. The number of nitrogens with zero attached hydrogens (tertiary/aromatic N) is 1. The molecule has 0 aliphatic rings. The quantitative estimate of drug-likeness (QED) is 0.284. The Morgan fingerprint density at radius 3 is 2.26 bits per heavy atom. The number of rotatable bonds is 7. The van der Waals surface area contributed by atoms with Crippen molar-refractivity contribution in [3.05, 3.63) is 64.2 Å². The molecule has 166 valence electrons. The van der Waals surface area contributed by atoms with E-state index in [1.54, 1.807) is 0 Å². The number of halogens is 5. The number of benzene rings is 2. The summed E-state index contributed by atoms with van der Waals surface area (Å²) in [6.07, 6.45) is 1.75. The number of nitro benzene ring substituents is 1. The Morgan fingerprint density at radius 2 is 1.74 bits per heavy atom.